The number of fused-ring (bicyclic) bond motifs is 2. The summed E-state index contributed by atoms with van der Waals surface area (Å²) in [6.07, 6.45) is -1.41. The van der Waals surface area contributed by atoms with Crippen LogP contribution in [0.1, 0.15) is 36.6 Å². The van der Waals surface area contributed by atoms with Crippen molar-refractivity contribution < 1.29 is 18.0 Å². The number of hydrogen-bond acceptors (Lipinski definition) is 5. The molecule has 0 unspecified atom stereocenters. The average Bonchev–Trinajstić information content (AvgIpc) is 3.18. The van der Waals surface area contributed by atoms with Crippen molar-refractivity contribution >= 4 is 28.0 Å². The SMILES string of the molecule is Cc1cc(NC(=O)Cn2nc(C(C)C)c3cc(C(F)(F)F)ccc3c2=O)cn2cnnc12. The van der Waals surface area contributed by atoms with Crippen LogP contribution in [0, 0.1) is 6.92 Å². The third kappa shape index (κ3) is 3.93. The number of amides is 1. The van der Waals surface area contributed by atoms with Crippen molar-refractivity contribution in [3.05, 3.63) is 64.0 Å². The number of pyridine rings is 1. The van der Waals surface area contributed by atoms with E-state index in [1.165, 1.54) is 6.33 Å². The minimum atomic E-state index is -4.54. The maximum absolute atomic E-state index is 13.1. The predicted octanol–water partition coefficient (Wildman–Crippen LogP) is 3.53. The zero-order valence-corrected chi connectivity index (χ0v) is 17.4. The number of carbonyl (C=O) groups excluding carboxylic acids is 1. The molecule has 1 amide bonds. The smallest absolute Gasteiger partial charge is 0.323 e. The molecular formula is C21H19F3N6O2. The molecular weight excluding hydrogens is 425 g/mol. The Hall–Kier alpha value is -3.76. The van der Waals surface area contributed by atoms with Gasteiger partial charge in [0, 0.05) is 11.6 Å². The number of alkyl halides is 3. The van der Waals surface area contributed by atoms with E-state index in [4.69, 9.17) is 0 Å². The molecule has 0 fully saturated rings. The van der Waals surface area contributed by atoms with E-state index in [1.807, 2.05) is 6.92 Å². The fourth-order valence-corrected chi connectivity index (χ4v) is 3.53. The third-order valence-corrected chi connectivity index (χ3v) is 5.02. The summed E-state index contributed by atoms with van der Waals surface area (Å²) in [5.41, 5.74) is 0.730. The van der Waals surface area contributed by atoms with Gasteiger partial charge in [-0.05, 0) is 42.7 Å². The molecule has 4 aromatic rings. The predicted molar refractivity (Wildman–Crippen MR) is 111 cm³/mol. The van der Waals surface area contributed by atoms with Crippen molar-refractivity contribution in [2.45, 2.75) is 39.4 Å². The molecule has 0 saturated carbocycles. The van der Waals surface area contributed by atoms with Gasteiger partial charge in [0.05, 0.1) is 22.3 Å². The first-order valence-electron chi connectivity index (χ1n) is 9.76. The van der Waals surface area contributed by atoms with Crippen LogP contribution in [-0.4, -0.2) is 30.3 Å². The van der Waals surface area contributed by atoms with Crippen LogP contribution < -0.4 is 10.9 Å². The van der Waals surface area contributed by atoms with Crippen LogP contribution in [0.2, 0.25) is 0 Å². The minimum Gasteiger partial charge on any atom is -0.323 e. The molecule has 8 nitrogen and oxygen atoms in total. The second-order valence-electron chi connectivity index (χ2n) is 7.78. The van der Waals surface area contributed by atoms with Crippen LogP contribution in [0.3, 0.4) is 0 Å². The van der Waals surface area contributed by atoms with E-state index in [9.17, 15) is 22.8 Å². The molecule has 11 heteroatoms. The normalized spacial score (nSPS) is 12.1. The Morgan fingerprint density at radius 3 is 2.62 bits per heavy atom. The van der Waals surface area contributed by atoms with Crippen LogP contribution in [0.25, 0.3) is 16.4 Å². The number of rotatable bonds is 4. The Morgan fingerprint density at radius 1 is 1.19 bits per heavy atom. The highest BCUT2D eigenvalue weighted by Crippen LogP contribution is 2.32. The van der Waals surface area contributed by atoms with E-state index in [2.05, 4.69) is 20.6 Å². The average molecular weight is 444 g/mol. The summed E-state index contributed by atoms with van der Waals surface area (Å²) in [7, 11) is 0. The highest BCUT2D eigenvalue weighted by atomic mass is 19.4. The van der Waals surface area contributed by atoms with Crippen molar-refractivity contribution in [2.24, 2.45) is 0 Å². The van der Waals surface area contributed by atoms with Crippen LogP contribution in [0.4, 0.5) is 18.9 Å². The molecule has 1 aromatic carbocycles. The summed E-state index contributed by atoms with van der Waals surface area (Å²) in [6.45, 7) is 4.94. The number of aryl methyl sites for hydroxylation is 1. The molecule has 0 aliphatic carbocycles. The monoisotopic (exact) mass is 444 g/mol. The molecule has 0 saturated heterocycles. The van der Waals surface area contributed by atoms with Gasteiger partial charge in [0.15, 0.2) is 5.65 Å². The maximum Gasteiger partial charge on any atom is 0.416 e. The van der Waals surface area contributed by atoms with Gasteiger partial charge >= 0.3 is 6.18 Å². The molecule has 0 bridgehead atoms. The highest BCUT2D eigenvalue weighted by Gasteiger charge is 2.31. The first kappa shape index (κ1) is 21.5. The van der Waals surface area contributed by atoms with Gasteiger partial charge in [0.25, 0.3) is 5.56 Å². The lowest BCUT2D eigenvalue weighted by Gasteiger charge is -2.15. The molecule has 0 atom stereocenters. The van der Waals surface area contributed by atoms with Gasteiger partial charge in [-0.15, -0.1) is 10.2 Å². The van der Waals surface area contributed by atoms with E-state index in [-0.39, 0.29) is 16.7 Å². The summed E-state index contributed by atoms with van der Waals surface area (Å²) in [6, 6.07) is 4.64. The first-order valence-corrected chi connectivity index (χ1v) is 9.76. The summed E-state index contributed by atoms with van der Waals surface area (Å²) >= 11 is 0. The van der Waals surface area contributed by atoms with Crippen LogP contribution in [-0.2, 0) is 17.5 Å². The van der Waals surface area contributed by atoms with E-state index < -0.39 is 29.8 Å². The molecule has 0 aliphatic heterocycles. The van der Waals surface area contributed by atoms with Crippen molar-refractivity contribution in [3.63, 3.8) is 0 Å². The fraction of sp³-hybridized carbons (Fsp3) is 0.286. The molecule has 1 N–H and O–H groups in total. The van der Waals surface area contributed by atoms with Gasteiger partial charge in [-0.1, -0.05) is 13.8 Å². The van der Waals surface area contributed by atoms with Crippen molar-refractivity contribution in [3.8, 4) is 0 Å². The molecule has 166 valence electrons. The van der Waals surface area contributed by atoms with E-state index in [0.29, 0.717) is 17.0 Å². The van der Waals surface area contributed by atoms with E-state index >= 15 is 0 Å². The van der Waals surface area contributed by atoms with Crippen LogP contribution in [0.5, 0.6) is 0 Å². The summed E-state index contributed by atoms with van der Waals surface area (Å²) in [4.78, 5) is 25.5. The summed E-state index contributed by atoms with van der Waals surface area (Å²) in [5, 5.41) is 14.9. The number of halogens is 3. The number of hydrogen-bond donors (Lipinski definition) is 1. The third-order valence-electron chi connectivity index (χ3n) is 5.02. The zero-order valence-electron chi connectivity index (χ0n) is 17.4. The zero-order chi connectivity index (χ0) is 23.2. The Morgan fingerprint density at radius 2 is 1.94 bits per heavy atom. The first-order chi connectivity index (χ1) is 15.0. The lowest BCUT2D eigenvalue weighted by atomic mass is 10.0. The van der Waals surface area contributed by atoms with Crippen LogP contribution >= 0.6 is 0 Å². The van der Waals surface area contributed by atoms with Gasteiger partial charge in [0.2, 0.25) is 5.91 Å². The molecule has 3 heterocycles. The fourth-order valence-electron chi connectivity index (χ4n) is 3.53. The van der Waals surface area contributed by atoms with E-state index in [0.717, 1.165) is 28.4 Å². The second kappa shape index (κ2) is 7.74. The molecule has 0 aliphatic rings. The van der Waals surface area contributed by atoms with Gasteiger partial charge < -0.3 is 5.32 Å². The van der Waals surface area contributed by atoms with Crippen molar-refractivity contribution in [1.29, 1.82) is 0 Å². The Balaban J connectivity index is 1.69. The number of aromatic nitrogens is 5. The number of benzene rings is 1. The van der Waals surface area contributed by atoms with Gasteiger partial charge in [-0.25, -0.2) is 4.68 Å². The van der Waals surface area contributed by atoms with Crippen molar-refractivity contribution in [2.75, 3.05) is 5.32 Å². The maximum atomic E-state index is 13.1. The van der Waals surface area contributed by atoms with Gasteiger partial charge in [-0.3, -0.25) is 14.0 Å². The Bertz CT molecular complexity index is 1400. The molecule has 0 spiro atoms. The summed E-state index contributed by atoms with van der Waals surface area (Å²) < 4.78 is 42.1. The Labute approximate surface area is 179 Å². The lowest BCUT2D eigenvalue weighted by molar-refractivity contribution is -0.137. The topological polar surface area (TPSA) is 94.2 Å². The van der Waals surface area contributed by atoms with Gasteiger partial charge in [0.1, 0.15) is 12.9 Å². The van der Waals surface area contributed by atoms with Crippen LogP contribution in [0.15, 0.2) is 41.6 Å². The number of carbonyl (C=O) groups is 1. The highest BCUT2D eigenvalue weighted by molar-refractivity contribution is 5.91. The Kier molecular flexibility index (Phi) is 5.19. The number of nitrogens with zero attached hydrogens (tertiary/aromatic N) is 5. The second-order valence-corrected chi connectivity index (χ2v) is 7.78. The molecule has 0 radical (unpaired) electrons. The molecule has 32 heavy (non-hydrogen) atoms. The molecule has 3 aromatic heterocycles. The number of nitrogens with one attached hydrogen (secondary N) is 1. The number of anilines is 1. The van der Waals surface area contributed by atoms with Crippen molar-refractivity contribution in [1.82, 2.24) is 24.4 Å². The standard InChI is InChI=1S/C21H19F3N6O2/c1-11(2)18-16-7-13(21(22,23)24)4-5-15(16)20(32)30(28-18)9-17(31)26-14-6-12(3)19-27-25-10-29(19)8-14/h4-8,10-11H,9H2,1-3H3,(H,26,31). The summed E-state index contributed by atoms with van der Waals surface area (Å²) in [5.74, 6) is -0.776. The van der Waals surface area contributed by atoms with E-state index in [1.54, 1.807) is 30.5 Å². The largest absolute Gasteiger partial charge is 0.416 e. The quantitative estimate of drug-likeness (QED) is 0.520. The molecule has 4 rings (SSSR count). The minimum absolute atomic E-state index is 0.0752. The van der Waals surface area contributed by atoms with Gasteiger partial charge in [-0.2, -0.15) is 18.3 Å². The lowest BCUT2D eigenvalue weighted by Crippen LogP contribution is -2.31.